The van der Waals surface area contributed by atoms with Crippen LogP contribution in [-0.4, -0.2) is 207 Å². The monoisotopic (exact) mass is 1210 g/mol. The lowest BCUT2D eigenvalue weighted by Crippen LogP contribution is -2.50. The molecule has 0 aliphatic carbocycles. The molecular weight excluding hydrogens is 1140 g/mol. The van der Waals surface area contributed by atoms with E-state index in [0.29, 0.717) is 41.8 Å². The van der Waals surface area contributed by atoms with Crippen molar-refractivity contribution in [3.63, 3.8) is 0 Å². The summed E-state index contributed by atoms with van der Waals surface area (Å²) in [6.45, 7) is 19.7. The van der Waals surface area contributed by atoms with Gasteiger partial charge in [0.2, 0.25) is 20.0 Å². The number of rotatable bonds is 39. The summed E-state index contributed by atoms with van der Waals surface area (Å²) in [6, 6.07) is 6.72. The maximum Gasteiger partial charge on any atom is 0.252 e. The zero-order valence-electron chi connectivity index (χ0n) is 44.1. The van der Waals surface area contributed by atoms with Gasteiger partial charge in [-0.1, -0.05) is 84.9 Å². The van der Waals surface area contributed by atoms with E-state index in [-0.39, 0.29) is 127 Å². The second-order valence-electron chi connectivity index (χ2n) is 17.6. The average Bonchev–Trinajstić information content (AvgIpc) is 3.44. The van der Waals surface area contributed by atoms with Crippen molar-refractivity contribution >= 4 is 78.3 Å². The molecule has 26 heteroatoms. The molecule has 0 fully saturated rings. The third-order valence-corrected chi connectivity index (χ3v) is 15.4. The molecule has 78 heavy (non-hydrogen) atoms. The molecule has 0 aromatic heterocycles. The van der Waals surface area contributed by atoms with Crippen LogP contribution >= 0.6 is 46.4 Å². The minimum Gasteiger partial charge on any atom is -0.380 e. The Balaban J connectivity index is 1.17. The van der Waals surface area contributed by atoms with Crippen LogP contribution in [0.1, 0.15) is 11.5 Å². The zero-order chi connectivity index (χ0) is 57.7. The topological polar surface area (TPSA) is 253 Å². The lowest BCUT2D eigenvalue weighted by Gasteiger charge is -2.34. The fraction of sp³-hybridized carbons (Fsp3) is 0.500. The van der Waals surface area contributed by atoms with Crippen molar-refractivity contribution in [1.29, 1.82) is 0 Å². The quantitative estimate of drug-likeness (QED) is 0.0406. The van der Waals surface area contributed by atoms with Gasteiger partial charge in [0.15, 0.2) is 12.2 Å². The summed E-state index contributed by atoms with van der Waals surface area (Å²) >= 11 is 24.4. The number of amides is 2. The molecule has 1 aromatic rings. The van der Waals surface area contributed by atoms with Gasteiger partial charge in [0, 0.05) is 85.3 Å². The molecule has 6 N–H and O–H groups in total. The number of hydrogen-bond donors (Lipinski definition) is 6. The Bertz CT molecular complexity index is 2560. The van der Waals surface area contributed by atoms with Crippen LogP contribution in [0.15, 0.2) is 134 Å². The summed E-state index contributed by atoms with van der Waals surface area (Å²) in [5, 5.41) is 25.8. The number of likely N-dealkylation sites (N-methyl/N-ethyl adjacent to an activating group) is 2. The van der Waals surface area contributed by atoms with Crippen molar-refractivity contribution in [3.8, 4) is 0 Å². The molecule has 0 saturated heterocycles. The Hall–Kier alpha value is -3.60. The first-order chi connectivity index (χ1) is 37.2. The predicted octanol–water partition coefficient (Wildman–Crippen LogP) is 3.76. The largest absolute Gasteiger partial charge is 0.380 e. The third kappa shape index (κ3) is 23.9. The number of sulfonamides is 2. The van der Waals surface area contributed by atoms with Gasteiger partial charge < -0.3 is 59.1 Å². The van der Waals surface area contributed by atoms with E-state index in [1.807, 2.05) is 25.1 Å². The minimum atomic E-state index is -3.94. The number of halogens is 4. The van der Waals surface area contributed by atoms with Crippen molar-refractivity contribution in [3.05, 3.63) is 134 Å². The van der Waals surface area contributed by atoms with Gasteiger partial charge in [0.1, 0.15) is 0 Å². The van der Waals surface area contributed by atoms with Crippen molar-refractivity contribution in [2.75, 3.05) is 146 Å². The van der Waals surface area contributed by atoms with E-state index in [2.05, 4.69) is 51.3 Å². The predicted molar refractivity (Wildman–Crippen MR) is 304 cm³/mol. The normalized spacial score (nSPS) is 17.9. The number of carbonyl (C=O) groups excluding carboxylic acids is 2. The van der Waals surface area contributed by atoms with E-state index < -0.39 is 44.1 Å². The summed E-state index contributed by atoms with van der Waals surface area (Å²) in [5.41, 5.74) is 7.41. The Morgan fingerprint density at radius 2 is 1.12 bits per heavy atom. The number of nitrogens with zero attached hydrogens (tertiary/aromatic N) is 2. The van der Waals surface area contributed by atoms with Gasteiger partial charge in [0.05, 0.1) is 89.1 Å². The summed E-state index contributed by atoms with van der Waals surface area (Å²) in [5.74, 6) is -2.41. The van der Waals surface area contributed by atoms with Crippen molar-refractivity contribution < 1.29 is 65.1 Å². The van der Waals surface area contributed by atoms with Crippen LogP contribution in [-0.2, 0) is 58.1 Å². The number of ether oxygens (including phenoxy) is 6. The SMILES string of the molecule is C=C/C(=C\C(=C)[C@@H]1CN(C)CC(C(=C)Cl)=C1/C=C/Cl)S(=O)(=O)NCCOCCOCCOCCNC(=O)C(O)C(O)C(=O)NCCOCCOCCOCCNS(=O)(=O)c1cccc(C2CN(C)CC(C(=C)Cl)=C2/C=C/Cl)c1. The van der Waals surface area contributed by atoms with Gasteiger partial charge in [-0.15, -0.1) is 0 Å². The van der Waals surface area contributed by atoms with E-state index >= 15 is 0 Å². The molecule has 0 saturated carbocycles. The van der Waals surface area contributed by atoms with Crippen molar-refractivity contribution in [2.45, 2.75) is 23.0 Å². The minimum absolute atomic E-state index is 0.0108. The Morgan fingerprint density at radius 3 is 1.59 bits per heavy atom. The highest BCUT2D eigenvalue weighted by molar-refractivity contribution is 7.93. The Labute approximate surface area is 479 Å². The van der Waals surface area contributed by atoms with Crippen molar-refractivity contribution in [1.82, 2.24) is 29.9 Å². The van der Waals surface area contributed by atoms with E-state index in [4.69, 9.17) is 74.8 Å². The van der Waals surface area contributed by atoms with Gasteiger partial charge in [-0.2, -0.15) is 0 Å². The lowest BCUT2D eigenvalue weighted by molar-refractivity contribution is -0.146. The Morgan fingerprint density at radius 1 is 0.679 bits per heavy atom. The molecular formula is C52H74Cl4N6O14S2. The fourth-order valence-electron chi connectivity index (χ4n) is 7.91. The van der Waals surface area contributed by atoms with E-state index in [9.17, 15) is 36.6 Å². The molecule has 0 bridgehead atoms. The first-order valence-electron chi connectivity index (χ1n) is 24.7. The summed E-state index contributed by atoms with van der Waals surface area (Å²) in [7, 11) is -3.92. The molecule has 2 heterocycles. The first kappa shape index (κ1) is 68.7. The van der Waals surface area contributed by atoms with Crippen molar-refractivity contribution in [2.24, 2.45) is 5.92 Å². The molecule has 1 aromatic carbocycles. The maximum absolute atomic E-state index is 13.1. The second-order valence-corrected chi connectivity index (χ2v) is 22.6. The first-order valence-corrected chi connectivity index (χ1v) is 29.3. The summed E-state index contributed by atoms with van der Waals surface area (Å²) < 4.78 is 90.0. The van der Waals surface area contributed by atoms with Gasteiger partial charge in [-0.3, -0.25) is 9.59 Å². The number of hydrogen-bond acceptors (Lipinski definition) is 16. The summed E-state index contributed by atoms with van der Waals surface area (Å²) in [6.07, 6.45) is 2.12. The second kappa shape index (κ2) is 36.7. The van der Waals surface area contributed by atoms with Crippen LogP contribution < -0.4 is 20.1 Å². The van der Waals surface area contributed by atoms with E-state index in [1.165, 1.54) is 29.3 Å². The molecule has 2 aliphatic heterocycles. The third-order valence-electron chi connectivity index (χ3n) is 11.8. The molecule has 436 valence electrons. The number of nitrogens with one attached hydrogen (secondary N) is 4. The Kier molecular flexibility index (Phi) is 32.3. The smallest absolute Gasteiger partial charge is 0.252 e. The van der Waals surface area contributed by atoms with Gasteiger partial charge in [-0.25, -0.2) is 26.3 Å². The number of carbonyl (C=O) groups is 2. The average molecular weight is 1210 g/mol. The number of allylic oxidation sites excluding steroid dienone is 4. The molecule has 20 nitrogen and oxygen atoms in total. The van der Waals surface area contributed by atoms with Crippen LogP contribution in [0.3, 0.4) is 0 Å². The van der Waals surface area contributed by atoms with Crippen LogP contribution in [0.2, 0.25) is 0 Å². The molecule has 2 amide bonds. The van der Waals surface area contributed by atoms with Gasteiger partial charge >= 0.3 is 0 Å². The van der Waals surface area contributed by atoms with Crippen LogP contribution in [0.4, 0.5) is 0 Å². The number of benzene rings is 1. The van der Waals surface area contributed by atoms with Crippen LogP contribution in [0, 0.1) is 5.92 Å². The highest BCUT2D eigenvalue weighted by atomic mass is 35.5. The molecule has 0 spiro atoms. The van der Waals surface area contributed by atoms with Crippen LogP contribution in [0.5, 0.6) is 0 Å². The lowest BCUT2D eigenvalue weighted by atomic mass is 9.84. The summed E-state index contributed by atoms with van der Waals surface area (Å²) in [4.78, 5) is 28.7. The van der Waals surface area contributed by atoms with Gasteiger partial charge in [0.25, 0.3) is 11.8 Å². The van der Waals surface area contributed by atoms with Gasteiger partial charge in [-0.05, 0) is 84.0 Å². The highest BCUT2D eigenvalue weighted by Crippen LogP contribution is 2.37. The van der Waals surface area contributed by atoms with E-state index in [1.54, 1.807) is 24.3 Å². The fourth-order valence-corrected chi connectivity index (χ4v) is 10.6. The maximum atomic E-state index is 13.1. The molecule has 0 radical (unpaired) electrons. The van der Waals surface area contributed by atoms with Crippen LogP contribution in [0.25, 0.3) is 0 Å². The molecule has 3 rings (SSSR count). The molecule has 4 atom stereocenters. The highest BCUT2D eigenvalue weighted by Gasteiger charge is 2.31. The number of aliphatic hydroxyl groups is 2. The molecule has 2 aliphatic rings. The molecule has 3 unspecified atom stereocenters. The standard InChI is InChI=1S/C52H74Cl4N6O14S2/c1-7-41(31-37(2)45-33-61(5)34-46(38(3)55)43(45)11-13-53)77(67,68)59-17-21-73-25-29-75-27-23-71-19-15-57-51(65)49(63)50(64)52(66)58-16-20-72-24-28-76-30-26-74-22-18-60-78(69,70)42-10-8-9-40(32-42)48-36-62(6)35-47(39(4)56)44(48)12-14-54/h7-14,31-32,45,48-50,59-60,63-64H,1-4,15-30,33-36H2,5-6H3,(H,57,65)(H,58,66)/b13-11+,14-12+,41-31+/t45-,48?,49?,50?/m0/s1. The van der Waals surface area contributed by atoms with E-state index in [0.717, 1.165) is 27.9 Å². The zero-order valence-corrected chi connectivity index (χ0v) is 48.7. The number of aliphatic hydroxyl groups excluding tert-OH is 2.